The summed E-state index contributed by atoms with van der Waals surface area (Å²) >= 11 is 6.07. The number of halogens is 3. The lowest BCUT2D eigenvalue weighted by atomic mass is 10.1. The van der Waals surface area contributed by atoms with E-state index in [1.54, 1.807) is 6.07 Å². The van der Waals surface area contributed by atoms with E-state index in [0.29, 0.717) is 11.1 Å². The molecule has 108 valence electrons. The van der Waals surface area contributed by atoms with E-state index in [2.05, 4.69) is 17.3 Å². The van der Waals surface area contributed by atoms with Gasteiger partial charge in [0.1, 0.15) is 5.82 Å². The number of hydrogen-bond donors (Lipinski definition) is 1. The summed E-state index contributed by atoms with van der Waals surface area (Å²) in [5, 5.41) is 3.93. The van der Waals surface area contributed by atoms with E-state index in [1.807, 2.05) is 0 Å². The molecule has 0 aliphatic carbocycles. The Morgan fingerprint density at radius 1 is 1.37 bits per heavy atom. The highest BCUT2D eigenvalue weighted by Gasteiger charge is 2.17. The monoisotopic (exact) mass is 306 g/mol. The van der Waals surface area contributed by atoms with Crippen molar-refractivity contribution in [3.8, 4) is 0 Å². The minimum atomic E-state index is -0.273. The Kier molecular flexibility index (Phi) is 7.08. The van der Waals surface area contributed by atoms with Crippen molar-refractivity contribution in [3.63, 3.8) is 0 Å². The molecule has 1 aromatic carbocycles. The number of hydrogen-bond acceptors (Lipinski definition) is 2. The predicted molar refractivity (Wildman–Crippen MR) is 80.6 cm³/mol. The Morgan fingerprint density at radius 2 is 2.16 bits per heavy atom. The molecule has 0 radical (unpaired) electrons. The van der Waals surface area contributed by atoms with Gasteiger partial charge in [-0.15, -0.1) is 12.4 Å². The van der Waals surface area contributed by atoms with Crippen LogP contribution in [0.4, 0.5) is 4.39 Å². The summed E-state index contributed by atoms with van der Waals surface area (Å²) < 4.78 is 13.0. The van der Waals surface area contributed by atoms with E-state index in [9.17, 15) is 4.39 Å². The van der Waals surface area contributed by atoms with Crippen molar-refractivity contribution < 1.29 is 4.39 Å². The average molecular weight is 307 g/mol. The Morgan fingerprint density at radius 3 is 2.89 bits per heavy atom. The zero-order valence-corrected chi connectivity index (χ0v) is 12.7. The van der Waals surface area contributed by atoms with Gasteiger partial charge in [0.15, 0.2) is 0 Å². The topological polar surface area (TPSA) is 15.3 Å². The molecule has 19 heavy (non-hydrogen) atoms. The third kappa shape index (κ3) is 4.92. The van der Waals surface area contributed by atoms with Crippen LogP contribution >= 0.6 is 24.0 Å². The highest BCUT2D eigenvalue weighted by atomic mass is 35.5. The molecular weight excluding hydrogens is 286 g/mol. The summed E-state index contributed by atoms with van der Waals surface area (Å²) in [6, 6.07) is 5.23. The molecule has 1 aliphatic heterocycles. The van der Waals surface area contributed by atoms with E-state index >= 15 is 0 Å². The molecule has 1 fully saturated rings. The van der Waals surface area contributed by atoms with Crippen LogP contribution in [0.25, 0.3) is 0 Å². The smallest absolute Gasteiger partial charge is 0.124 e. The lowest BCUT2D eigenvalue weighted by Gasteiger charge is -2.27. The van der Waals surface area contributed by atoms with Crippen molar-refractivity contribution >= 4 is 24.0 Å². The zero-order valence-electron chi connectivity index (χ0n) is 11.2. The maximum absolute atomic E-state index is 13.0. The fourth-order valence-electron chi connectivity index (χ4n) is 2.49. The van der Waals surface area contributed by atoms with Crippen LogP contribution in [0.5, 0.6) is 0 Å². The Hall–Kier alpha value is -0.350. The minimum absolute atomic E-state index is 0. The van der Waals surface area contributed by atoms with E-state index in [1.165, 1.54) is 25.0 Å². The lowest BCUT2D eigenvalue weighted by Crippen LogP contribution is -2.32. The standard InChI is InChI=1S/C14H20ClFN2.ClH/c1-18(13-3-2-7-17-8-6-13)10-11-4-5-12(16)9-14(11)15;/h4-5,9,13,17H,2-3,6-8,10H2,1H3;1H. The highest BCUT2D eigenvalue weighted by Crippen LogP contribution is 2.21. The summed E-state index contributed by atoms with van der Waals surface area (Å²) in [5.41, 5.74) is 0.998. The van der Waals surface area contributed by atoms with Gasteiger partial charge in [-0.2, -0.15) is 0 Å². The molecule has 1 aliphatic rings. The second-order valence-corrected chi connectivity index (χ2v) is 5.39. The molecule has 1 N–H and O–H groups in total. The second-order valence-electron chi connectivity index (χ2n) is 4.99. The van der Waals surface area contributed by atoms with Crippen LogP contribution in [0.1, 0.15) is 24.8 Å². The largest absolute Gasteiger partial charge is 0.317 e. The van der Waals surface area contributed by atoms with Gasteiger partial charge in [-0.1, -0.05) is 17.7 Å². The van der Waals surface area contributed by atoms with E-state index < -0.39 is 0 Å². The number of nitrogens with zero attached hydrogens (tertiary/aromatic N) is 1. The van der Waals surface area contributed by atoms with Gasteiger partial charge < -0.3 is 5.32 Å². The van der Waals surface area contributed by atoms with Crippen molar-refractivity contribution in [2.24, 2.45) is 0 Å². The van der Waals surface area contributed by atoms with Gasteiger partial charge in [0.25, 0.3) is 0 Å². The van der Waals surface area contributed by atoms with Crippen LogP contribution in [0.2, 0.25) is 5.02 Å². The second kappa shape index (κ2) is 8.05. The maximum Gasteiger partial charge on any atom is 0.124 e. The third-order valence-electron chi connectivity index (χ3n) is 3.60. The van der Waals surface area contributed by atoms with E-state index in [0.717, 1.165) is 31.6 Å². The first-order valence-corrected chi connectivity index (χ1v) is 6.89. The van der Waals surface area contributed by atoms with Crippen molar-refractivity contribution in [3.05, 3.63) is 34.6 Å². The molecule has 0 aromatic heterocycles. The number of nitrogens with one attached hydrogen (secondary N) is 1. The van der Waals surface area contributed by atoms with Gasteiger partial charge in [-0.25, -0.2) is 4.39 Å². The number of rotatable bonds is 3. The molecule has 0 spiro atoms. The molecule has 1 aromatic rings. The molecule has 1 heterocycles. The van der Waals surface area contributed by atoms with Gasteiger partial charge in [0.05, 0.1) is 0 Å². The minimum Gasteiger partial charge on any atom is -0.317 e. The molecule has 1 atom stereocenters. The highest BCUT2D eigenvalue weighted by molar-refractivity contribution is 6.31. The van der Waals surface area contributed by atoms with Crippen LogP contribution in [0.3, 0.4) is 0 Å². The summed E-state index contributed by atoms with van der Waals surface area (Å²) in [4.78, 5) is 2.33. The lowest BCUT2D eigenvalue weighted by molar-refractivity contribution is 0.216. The van der Waals surface area contributed by atoms with Gasteiger partial charge in [-0.3, -0.25) is 4.90 Å². The fourth-order valence-corrected chi connectivity index (χ4v) is 2.72. The first-order valence-electron chi connectivity index (χ1n) is 6.51. The molecule has 2 nitrogen and oxygen atoms in total. The first kappa shape index (κ1) is 16.7. The molecule has 2 rings (SSSR count). The summed E-state index contributed by atoms with van der Waals surface area (Å²) in [6.07, 6.45) is 3.59. The quantitative estimate of drug-likeness (QED) is 0.920. The van der Waals surface area contributed by atoms with Crippen molar-refractivity contribution in [1.29, 1.82) is 0 Å². The Bertz CT molecular complexity index is 393. The summed E-state index contributed by atoms with van der Waals surface area (Å²) in [7, 11) is 2.12. The first-order chi connectivity index (χ1) is 8.66. The zero-order chi connectivity index (χ0) is 13.0. The average Bonchev–Trinajstić information content (AvgIpc) is 2.61. The van der Waals surface area contributed by atoms with Crippen molar-refractivity contribution in [2.45, 2.75) is 31.8 Å². The van der Waals surface area contributed by atoms with Crippen LogP contribution < -0.4 is 5.32 Å². The molecule has 1 unspecified atom stereocenters. The van der Waals surface area contributed by atoms with Gasteiger partial charge in [-0.05, 0) is 57.1 Å². The van der Waals surface area contributed by atoms with Gasteiger partial charge in [0.2, 0.25) is 0 Å². The van der Waals surface area contributed by atoms with E-state index in [-0.39, 0.29) is 18.2 Å². The Balaban J connectivity index is 0.00000180. The third-order valence-corrected chi connectivity index (χ3v) is 3.96. The van der Waals surface area contributed by atoms with Crippen LogP contribution in [0, 0.1) is 5.82 Å². The van der Waals surface area contributed by atoms with Gasteiger partial charge >= 0.3 is 0 Å². The maximum atomic E-state index is 13.0. The normalized spacial score (nSPS) is 19.9. The molecule has 1 saturated heterocycles. The van der Waals surface area contributed by atoms with Crippen LogP contribution in [-0.2, 0) is 6.54 Å². The fraction of sp³-hybridized carbons (Fsp3) is 0.571. The van der Waals surface area contributed by atoms with Crippen molar-refractivity contribution in [1.82, 2.24) is 10.2 Å². The molecular formula is C14H21Cl2FN2. The van der Waals surface area contributed by atoms with Crippen LogP contribution in [0.15, 0.2) is 18.2 Å². The van der Waals surface area contributed by atoms with Crippen LogP contribution in [-0.4, -0.2) is 31.1 Å². The molecule has 0 amide bonds. The predicted octanol–water partition coefficient (Wildman–Crippen LogP) is 3.47. The Labute approximate surface area is 125 Å². The molecule has 5 heteroatoms. The van der Waals surface area contributed by atoms with Gasteiger partial charge in [0, 0.05) is 17.6 Å². The number of benzene rings is 1. The molecule has 0 bridgehead atoms. The SMILES string of the molecule is CN(Cc1ccc(F)cc1Cl)C1CCCNCC1.Cl. The summed E-state index contributed by atoms with van der Waals surface area (Å²) in [6.45, 7) is 2.97. The van der Waals surface area contributed by atoms with E-state index in [4.69, 9.17) is 11.6 Å². The molecule has 0 saturated carbocycles. The summed E-state index contributed by atoms with van der Waals surface area (Å²) in [5.74, 6) is -0.273. The van der Waals surface area contributed by atoms with Crippen molar-refractivity contribution in [2.75, 3.05) is 20.1 Å².